The molecule has 0 atom stereocenters. The number of likely N-dealkylation sites (N-methyl/N-ethyl adjacent to an activating group) is 2. The molecule has 0 N–H and O–H groups in total. The highest BCUT2D eigenvalue weighted by Crippen LogP contribution is 2.19. The van der Waals surface area contributed by atoms with E-state index < -0.39 is 0 Å². The van der Waals surface area contributed by atoms with Gasteiger partial charge in [0, 0.05) is 0 Å². The van der Waals surface area contributed by atoms with E-state index >= 15 is 0 Å². The third-order valence-corrected chi connectivity index (χ3v) is 6.40. The fraction of sp³-hybridized carbons (Fsp3) is 1.00. The van der Waals surface area contributed by atoms with Crippen molar-refractivity contribution in [2.75, 3.05) is 52.9 Å². The number of quaternary nitrogens is 2. The standard InChI is InChI=1S/C20H44N2.2HI/c1-5-8-9-10-11-12-13-14-15-16-22(7-3)19-17-21(4,6-2)18-20-22;;/h5-20H2,1-4H3;2*1H/q+2;;/p-2. The fourth-order valence-electron chi connectivity index (χ4n) is 3.90. The Bertz CT molecular complexity index is 277. The van der Waals surface area contributed by atoms with Crippen LogP contribution in [0.1, 0.15) is 78.6 Å². The molecule has 1 aliphatic rings. The lowest BCUT2D eigenvalue weighted by Gasteiger charge is -2.47. The van der Waals surface area contributed by atoms with Gasteiger partial charge in [0.1, 0.15) is 26.2 Å². The second-order valence-corrected chi connectivity index (χ2v) is 8.04. The third kappa shape index (κ3) is 10.5. The minimum atomic E-state index is 0. The average Bonchev–Trinajstić information content (AvgIpc) is 2.55. The van der Waals surface area contributed by atoms with Crippen molar-refractivity contribution in [2.24, 2.45) is 0 Å². The lowest BCUT2D eigenvalue weighted by Crippen LogP contribution is -3.00. The largest absolute Gasteiger partial charge is 1.00 e. The number of unbranched alkanes of at least 4 members (excludes halogenated alkanes) is 8. The first-order valence-electron chi connectivity index (χ1n) is 10.3. The number of rotatable bonds is 12. The molecule has 1 fully saturated rings. The maximum absolute atomic E-state index is 2.45. The molecule has 0 aromatic carbocycles. The van der Waals surface area contributed by atoms with Crippen LogP contribution in [0.2, 0.25) is 0 Å². The Balaban J connectivity index is 0. The SMILES string of the molecule is CCCCCCCCCCC[N+]1(CC)CC[N+](C)(CC)CC1.[I-].[I-]. The number of hydrogen-bond donors (Lipinski definition) is 0. The zero-order chi connectivity index (χ0) is 16.3. The van der Waals surface area contributed by atoms with Gasteiger partial charge in [0.2, 0.25) is 0 Å². The normalized spacial score (nSPS) is 26.5. The van der Waals surface area contributed by atoms with Gasteiger partial charge in [0.15, 0.2) is 0 Å². The molecule has 2 nitrogen and oxygen atoms in total. The molecule has 1 heterocycles. The second kappa shape index (κ2) is 15.4. The topological polar surface area (TPSA) is 0 Å². The molecule has 0 saturated carbocycles. The number of halogens is 2. The summed E-state index contributed by atoms with van der Waals surface area (Å²) in [4.78, 5) is 0. The van der Waals surface area contributed by atoms with Crippen LogP contribution in [0.5, 0.6) is 0 Å². The van der Waals surface area contributed by atoms with Crippen molar-refractivity contribution < 1.29 is 56.9 Å². The van der Waals surface area contributed by atoms with E-state index in [1.54, 1.807) is 0 Å². The Labute approximate surface area is 187 Å². The third-order valence-electron chi connectivity index (χ3n) is 6.40. The van der Waals surface area contributed by atoms with Crippen LogP contribution in [0.4, 0.5) is 0 Å². The van der Waals surface area contributed by atoms with Gasteiger partial charge >= 0.3 is 0 Å². The highest BCUT2D eigenvalue weighted by atomic mass is 127. The summed E-state index contributed by atoms with van der Waals surface area (Å²) in [6.45, 7) is 16.8. The van der Waals surface area contributed by atoms with E-state index in [0.717, 1.165) is 0 Å². The lowest BCUT2D eigenvalue weighted by molar-refractivity contribution is -1.02. The van der Waals surface area contributed by atoms with Gasteiger partial charge in [0.25, 0.3) is 0 Å². The molecule has 0 aliphatic carbocycles. The van der Waals surface area contributed by atoms with Gasteiger partial charge in [-0.2, -0.15) is 0 Å². The molecule has 148 valence electrons. The molecule has 0 aromatic rings. The van der Waals surface area contributed by atoms with Gasteiger partial charge in [-0.15, -0.1) is 0 Å². The summed E-state index contributed by atoms with van der Waals surface area (Å²) in [5.41, 5.74) is 0. The van der Waals surface area contributed by atoms with Crippen molar-refractivity contribution in [3.05, 3.63) is 0 Å². The van der Waals surface area contributed by atoms with Crippen LogP contribution in [-0.4, -0.2) is 61.8 Å². The van der Waals surface area contributed by atoms with Crippen LogP contribution in [-0.2, 0) is 0 Å². The summed E-state index contributed by atoms with van der Waals surface area (Å²) in [5, 5.41) is 0. The van der Waals surface area contributed by atoms with Crippen LogP contribution >= 0.6 is 0 Å². The van der Waals surface area contributed by atoms with Gasteiger partial charge in [-0.05, 0) is 26.7 Å². The molecule has 0 unspecified atom stereocenters. The highest BCUT2D eigenvalue weighted by molar-refractivity contribution is 4.54. The zero-order valence-electron chi connectivity index (χ0n) is 17.0. The van der Waals surface area contributed by atoms with E-state index in [9.17, 15) is 0 Å². The summed E-state index contributed by atoms with van der Waals surface area (Å²) in [7, 11) is 2.45. The molecular formula is C20H44I2N2. The van der Waals surface area contributed by atoms with Gasteiger partial charge in [-0.1, -0.05) is 51.9 Å². The number of piperazine rings is 1. The monoisotopic (exact) mass is 566 g/mol. The van der Waals surface area contributed by atoms with Crippen LogP contribution < -0.4 is 48.0 Å². The number of nitrogens with zero attached hydrogens (tertiary/aromatic N) is 2. The van der Waals surface area contributed by atoms with E-state index in [0.29, 0.717) is 0 Å². The molecule has 4 heteroatoms. The molecule has 0 amide bonds. The molecule has 0 spiro atoms. The van der Waals surface area contributed by atoms with Crippen molar-refractivity contribution in [2.45, 2.75) is 78.6 Å². The van der Waals surface area contributed by atoms with Crippen LogP contribution in [0, 0.1) is 0 Å². The highest BCUT2D eigenvalue weighted by Gasteiger charge is 2.37. The first-order valence-corrected chi connectivity index (χ1v) is 10.3. The van der Waals surface area contributed by atoms with E-state index in [-0.39, 0.29) is 48.0 Å². The maximum Gasteiger partial charge on any atom is 0.129 e. The molecule has 0 aromatic heterocycles. The van der Waals surface area contributed by atoms with Crippen molar-refractivity contribution in [1.82, 2.24) is 0 Å². The Morgan fingerprint density at radius 2 is 1.04 bits per heavy atom. The van der Waals surface area contributed by atoms with E-state index in [4.69, 9.17) is 0 Å². The van der Waals surface area contributed by atoms with Crippen LogP contribution in [0.25, 0.3) is 0 Å². The summed E-state index contributed by atoms with van der Waals surface area (Å²) >= 11 is 0. The Kier molecular flexibility index (Phi) is 17.8. The minimum absolute atomic E-state index is 0. The van der Waals surface area contributed by atoms with Gasteiger partial charge in [0.05, 0.1) is 26.7 Å². The molecule has 1 rings (SSSR count). The Morgan fingerprint density at radius 3 is 1.46 bits per heavy atom. The van der Waals surface area contributed by atoms with Crippen molar-refractivity contribution >= 4 is 0 Å². The molecule has 24 heavy (non-hydrogen) atoms. The Morgan fingerprint density at radius 1 is 0.583 bits per heavy atom. The van der Waals surface area contributed by atoms with Crippen molar-refractivity contribution in [3.63, 3.8) is 0 Å². The summed E-state index contributed by atoms with van der Waals surface area (Å²) in [6, 6.07) is 0. The quantitative estimate of drug-likeness (QED) is 0.159. The minimum Gasteiger partial charge on any atom is -1.00 e. The summed E-state index contributed by atoms with van der Waals surface area (Å²) in [6.07, 6.45) is 13.1. The first kappa shape index (κ1) is 27.6. The molecule has 0 bridgehead atoms. The Hall–Kier alpha value is 1.38. The van der Waals surface area contributed by atoms with Crippen LogP contribution in [0.15, 0.2) is 0 Å². The predicted octanol–water partition coefficient (Wildman–Crippen LogP) is -1.16. The van der Waals surface area contributed by atoms with Crippen molar-refractivity contribution in [3.8, 4) is 0 Å². The molecule has 0 radical (unpaired) electrons. The predicted molar refractivity (Wildman–Crippen MR) is 99.1 cm³/mol. The lowest BCUT2D eigenvalue weighted by atomic mass is 10.1. The molecule has 1 aliphatic heterocycles. The van der Waals surface area contributed by atoms with Gasteiger partial charge < -0.3 is 56.9 Å². The summed E-state index contributed by atoms with van der Waals surface area (Å²) in [5.74, 6) is 0. The van der Waals surface area contributed by atoms with Crippen LogP contribution in [0.3, 0.4) is 0 Å². The smallest absolute Gasteiger partial charge is 0.129 e. The average molecular weight is 566 g/mol. The van der Waals surface area contributed by atoms with Crippen molar-refractivity contribution in [1.29, 1.82) is 0 Å². The van der Waals surface area contributed by atoms with Gasteiger partial charge in [-0.3, -0.25) is 0 Å². The number of hydrogen-bond acceptors (Lipinski definition) is 0. The van der Waals surface area contributed by atoms with E-state index in [1.165, 1.54) is 113 Å². The molecular weight excluding hydrogens is 522 g/mol. The maximum atomic E-state index is 2.45. The zero-order valence-corrected chi connectivity index (χ0v) is 21.3. The molecule has 1 saturated heterocycles. The van der Waals surface area contributed by atoms with Gasteiger partial charge in [-0.25, -0.2) is 0 Å². The van der Waals surface area contributed by atoms with E-state index in [2.05, 4.69) is 27.8 Å². The van der Waals surface area contributed by atoms with E-state index in [1.807, 2.05) is 0 Å². The second-order valence-electron chi connectivity index (χ2n) is 8.04. The fourth-order valence-corrected chi connectivity index (χ4v) is 3.90. The first-order chi connectivity index (χ1) is 10.6. The summed E-state index contributed by atoms with van der Waals surface area (Å²) < 4.78 is 2.71.